The maximum atomic E-state index is 13.0. The Balaban J connectivity index is 2.30. The smallest absolute Gasteiger partial charge is 0.351 e. The van der Waals surface area contributed by atoms with E-state index >= 15 is 0 Å². The van der Waals surface area contributed by atoms with Crippen LogP contribution in [0.4, 0.5) is 0 Å². The van der Waals surface area contributed by atoms with Gasteiger partial charge in [0.1, 0.15) is 22.5 Å². The molecule has 0 aliphatic rings. The Morgan fingerprint density at radius 3 is 2.43 bits per heavy atom. The Kier molecular flexibility index (Phi) is 5.32. The van der Waals surface area contributed by atoms with Gasteiger partial charge in [0, 0.05) is 17.7 Å². The van der Waals surface area contributed by atoms with Gasteiger partial charge in [0.15, 0.2) is 11.3 Å². The molecule has 0 aliphatic carbocycles. The molecule has 0 amide bonds. The predicted molar refractivity (Wildman–Crippen MR) is 101 cm³/mol. The summed E-state index contributed by atoms with van der Waals surface area (Å²) >= 11 is 0. The lowest BCUT2D eigenvalue weighted by Crippen LogP contribution is -2.18. The predicted octanol–water partition coefficient (Wildman–Crippen LogP) is 3.31. The molecule has 0 fully saturated rings. The molecule has 1 aromatic heterocycles. The number of rotatable bonds is 6. The minimum atomic E-state index is -0.833. The van der Waals surface area contributed by atoms with Crippen molar-refractivity contribution in [2.75, 3.05) is 20.8 Å². The summed E-state index contributed by atoms with van der Waals surface area (Å²) in [4.78, 5) is 25.7. The van der Waals surface area contributed by atoms with E-state index in [1.54, 1.807) is 13.0 Å². The molecule has 0 spiro atoms. The molecule has 0 radical (unpaired) electrons. The van der Waals surface area contributed by atoms with Crippen LogP contribution in [0.1, 0.15) is 28.4 Å². The maximum absolute atomic E-state index is 13.0. The number of carbonyl (C=O) groups excluding carboxylic acids is 1. The van der Waals surface area contributed by atoms with Crippen LogP contribution in [0.5, 0.6) is 17.2 Å². The number of benzene rings is 2. The molecule has 2 aromatic carbocycles. The van der Waals surface area contributed by atoms with Crippen LogP contribution in [0.2, 0.25) is 0 Å². The molecular weight excluding hydrogens is 362 g/mol. The van der Waals surface area contributed by atoms with Gasteiger partial charge in [-0.05, 0) is 31.2 Å². The van der Waals surface area contributed by atoms with Gasteiger partial charge in [-0.2, -0.15) is 5.26 Å². The second-order valence-corrected chi connectivity index (χ2v) is 5.75. The third-order valence-corrected chi connectivity index (χ3v) is 4.15. The number of ether oxygens (including phenoxy) is 3. The number of carbonyl (C=O) groups is 1. The van der Waals surface area contributed by atoms with Crippen LogP contribution in [-0.4, -0.2) is 26.6 Å². The summed E-state index contributed by atoms with van der Waals surface area (Å²) in [5.41, 5.74) is -0.246. The van der Waals surface area contributed by atoms with Crippen LogP contribution in [0.15, 0.2) is 45.6 Å². The van der Waals surface area contributed by atoms with Gasteiger partial charge in [-0.15, -0.1) is 0 Å². The highest BCUT2D eigenvalue weighted by Crippen LogP contribution is 2.39. The van der Waals surface area contributed by atoms with E-state index in [0.717, 1.165) is 0 Å². The third-order valence-electron chi connectivity index (χ3n) is 4.15. The standard InChI is InChI=1S/C21H17NO6/c1-4-27-20-17-15(26-3)9-14(25-2)10-16(17)28-21(24)18(20)19(23)13-7-5-12(11-22)6-8-13/h5-10H,4H2,1-3H3. The molecule has 1 heterocycles. The first-order chi connectivity index (χ1) is 13.5. The summed E-state index contributed by atoms with van der Waals surface area (Å²) in [6, 6.07) is 11.1. The lowest BCUT2D eigenvalue weighted by atomic mass is 10.0. The molecule has 0 aliphatic heterocycles. The van der Waals surface area contributed by atoms with E-state index in [9.17, 15) is 9.59 Å². The Morgan fingerprint density at radius 2 is 1.86 bits per heavy atom. The molecule has 3 rings (SSSR count). The van der Waals surface area contributed by atoms with Gasteiger partial charge in [0.2, 0.25) is 5.78 Å². The van der Waals surface area contributed by atoms with Crippen LogP contribution >= 0.6 is 0 Å². The zero-order valence-electron chi connectivity index (χ0n) is 15.6. The number of methoxy groups -OCH3 is 2. The molecule has 3 aromatic rings. The van der Waals surface area contributed by atoms with Crippen LogP contribution in [0.25, 0.3) is 11.0 Å². The van der Waals surface area contributed by atoms with Gasteiger partial charge >= 0.3 is 5.63 Å². The number of ketones is 1. The second kappa shape index (κ2) is 7.84. The largest absolute Gasteiger partial charge is 0.496 e. The van der Waals surface area contributed by atoms with Crippen molar-refractivity contribution in [3.05, 3.63) is 63.5 Å². The van der Waals surface area contributed by atoms with E-state index in [2.05, 4.69) is 0 Å². The molecule has 7 nitrogen and oxygen atoms in total. The molecule has 28 heavy (non-hydrogen) atoms. The van der Waals surface area contributed by atoms with Gasteiger partial charge in [0.05, 0.1) is 32.5 Å². The Morgan fingerprint density at radius 1 is 1.14 bits per heavy atom. The summed E-state index contributed by atoms with van der Waals surface area (Å²) in [5.74, 6) is 0.292. The Labute approximate surface area is 160 Å². The summed E-state index contributed by atoms with van der Waals surface area (Å²) in [6.07, 6.45) is 0. The number of hydrogen-bond donors (Lipinski definition) is 0. The maximum Gasteiger partial charge on any atom is 0.351 e. The van der Waals surface area contributed by atoms with E-state index in [0.29, 0.717) is 22.4 Å². The minimum absolute atomic E-state index is 0.0858. The zero-order valence-corrected chi connectivity index (χ0v) is 15.6. The van der Waals surface area contributed by atoms with Crippen molar-refractivity contribution in [2.24, 2.45) is 0 Å². The summed E-state index contributed by atoms with van der Waals surface area (Å²) in [7, 11) is 2.93. The van der Waals surface area contributed by atoms with Crippen LogP contribution in [0.3, 0.4) is 0 Å². The highest BCUT2D eigenvalue weighted by molar-refractivity contribution is 6.13. The quantitative estimate of drug-likeness (QED) is 0.478. The van der Waals surface area contributed by atoms with Gasteiger partial charge in [-0.1, -0.05) is 0 Å². The van der Waals surface area contributed by atoms with E-state index in [1.807, 2.05) is 6.07 Å². The first kappa shape index (κ1) is 19.0. The molecule has 0 saturated carbocycles. The molecule has 7 heteroatoms. The third kappa shape index (κ3) is 3.28. The molecule has 0 N–H and O–H groups in total. The van der Waals surface area contributed by atoms with Crippen LogP contribution in [0, 0.1) is 11.3 Å². The topological polar surface area (TPSA) is 98.8 Å². The number of nitrogens with zero attached hydrogens (tertiary/aromatic N) is 1. The van der Waals surface area contributed by atoms with Gasteiger partial charge in [-0.3, -0.25) is 4.79 Å². The van der Waals surface area contributed by atoms with E-state index in [4.69, 9.17) is 23.9 Å². The highest BCUT2D eigenvalue weighted by atomic mass is 16.5. The number of fused-ring (bicyclic) bond motifs is 1. The van der Waals surface area contributed by atoms with Crippen molar-refractivity contribution in [2.45, 2.75) is 6.92 Å². The van der Waals surface area contributed by atoms with Crippen molar-refractivity contribution < 1.29 is 23.4 Å². The van der Waals surface area contributed by atoms with E-state index in [-0.39, 0.29) is 29.1 Å². The first-order valence-electron chi connectivity index (χ1n) is 8.44. The monoisotopic (exact) mass is 379 g/mol. The van der Waals surface area contributed by atoms with E-state index < -0.39 is 11.4 Å². The SMILES string of the molecule is CCOc1c(C(=O)c2ccc(C#N)cc2)c(=O)oc2cc(OC)cc(OC)c12. The normalized spacial score (nSPS) is 10.4. The molecule has 142 valence electrons. The van der Waals surface area contributed by atoms with Crippen LogP contribution < -0.4 is 19.8 Å². The number of hydrogen-bond acceptors (Lipinski definition) is 7. The zero-order chi connectivity index (χ0) is 20.3. The molecule has 0 saturated heterocycles. The van der Waals surface area contributed by atoms with E-state index in [1.165, 1.54) is 44.6 Å². The van der Waals surface area contributed by atoms with Crippen molar-refractivity contribution in [3.8, 4) is 23.3 Å². The fourth-order valence-electron chi connectivity index (χ4n) is 2.84. The van der Waals surface area contributed by atoms with Gasteiger partial charge in [-0.25, -0.2) is 4.79 Å². The minimum Gasteiger partial charge on any atom is -0.496 e. The fraction of sp³-hybridized carbons (Fsp3) is 0.190. The summed E-state index contributed by atoms with van der Waals surface area (Å²) in [5, 5.41) is 9.28. The number of nitriles is 1. The van der Waals surface area contributed by atoms with Crippen molar-refractivity contribution in [1.29, 1.82) is 5.26 Å². The average molecular weight is 379 g/mol. The second-order valence-electron chi connectivity index (χ2n) is 5.75. The first-order valence-corrected chi connectivity index (χ1v) is 8.44. The van der Waals surface area contributed by atoms with Crippen molar-refractivity contribution in [3.63, 3.8) is 0 Å². The fourth-order valence-corrected chi connectivity index (χ4v) is 2.84. The van der Waals surface area contributed by atoms with Crippen LogP contribution in [-0.2, 0) is 0 Å². The van der Waals surface area contributed by atoms with Crippen molar-refractivity contribution in [1.82, 2.24) is 0 Å². The lowest BCUT2D eigenvalue weighted by Gasteiger charge is -2.14. The Hall–Kier alpha value is -3.79. The highest BCUT2D eigenvalue weighted by Gasteiger charge is 2.26. The van der Waals surface area contributed by atoms with Crippen molar-refractivity contribution >= 4 is 16.8 Å². The molecule has 0 unspecified atom stereocenters. The van der Waals surface area contributed by atoms with Gasteiger partial charge in [0.25, 0.3) is 0 Å². The summed E-state index contributed by atoms with van der Waals surface area (Å²) in [6.45, 7) is 1.97. The lowest BCUT2D eigenvalue weighted by molar-refractivity contribution is 0.103. The molecule has 0 bridgehead atoms. The van der Waals surface area contributed by atoms with Gasteiger partial charge < -0.3 is 18.6 Å². The average Bonchev–Trinajstić information content (AvgIpc) is 2.72. The molecule has 0 atom stereocenters. The molecular formula is C21H17NO6. The summed E-state index contributed by atoms with van der Waals surface area (Å²) < 4.78 is 21.7. The Bertz CT molecular complexity index is 1140.